The second kappa shape index (κ2) is 6.77. The van der Waals surface area contributed by atoms with E-state index in [1.54, 1.807) is 0 Å². The first-order chi connectivity index (χ1) is 8.36. The van der Waals surface area contributed by atoms with Crippen LogP contribution in [0.3, 0.4) is 0 Å². The highest BCUT2D eigenvalue weighted by atomic mass is 16.5. The fourth-order valence-electron chi connectivity index (χ4n) is 2.33. The first-order valence-corrected chi connectivity index (χ1v) is 6.73. The summed E-state index contributed by atoms with van der Waals surface area (Å²) in [4.78, 5) is 0. The Balaban J connectivity index is 1.67. The van der Waals surface area contributed by atoms with E-state index in [4.69, 9.17) is 4.74 Å². The highest BCUT2D eigenvalue weighted by molar-refractivity contribution is 5.18. The van der Waals surface area contributed by atoms with E-state index in [1.165, 1.54) is 24.8 Å². The minimum atomic E-state index is 0.437. The molecule has 2 unspecified atom stereocenters. The summed E-state index contributed by atoms with van der Waals surface area (Å²) in [5, 5.41) is 3.53. The summed E-state index contributed by atoms with van der Waals surface area (Å²) in [6.45, 7) is 5.24. The number of rotatable bonds is 5. The summed E-state index contributed by atoms with van der Waals surface area (Å²) < 4.78 is 5.70. The van der Waals surface area contributed by atoms with Gasteiger partial charge < -0.3 is 10.1 Å². The summed E-state index contributed by atoms with van der Waals surface area (Å²) in [5.41, 5.74) is 1.41. The predicted octanol–water partition coefficient (Wildman–Crippen LogP) is 2.95. The van der Waals surface area contributed by atoms with Gasteiger partial charge in [-0.3, -0.25) is 0 Å². The molecule has 0 saturated carbocycles. The number of benzene rings is 1. The molecule has 1 aliphatic rings. The third-order valence-electron chi connectivity index (χ3n) is 3.47. The van der Waals surface area contributed by atoms with Crippen molar-refractivity contribution in [3.05, 3.63) is 35.9 Å². The minimum absolute atomic E-state index is 0.437. The second-order valence-electron chi connectivity index (χ2n) is 4.96. The van der Waals surface area contributed by atoms with Crippen molar-refractivity contribution < 1.29 is 4.74 Å². The lowest BCUT2D eigenvalue weighted by Crippen LogP contribution is -2.33. The van der Waals surface area contributed by atoms with Gasteiger partial charge >= 0.3 is 0 Å². The van der Waals surface area contributed by atoms with Crippen molar-refractivity contribution in [2.24, 2.45) is 0 Å². The molecule has 2 rings (SSSR count). The lowest BCUT2D eigenvalue weighted by Gasteiger charge is -2.23. The third-order valence-corrected chi connectivity index (χ3v) is 3.47. The van der Waals surface area contributed by atoms with Gasteiger partial charge in [0.2, 0.25) is 0 Å². The largest absolute Gasteiger partial charge is 0.377 e. The Bertz CT molecular complexity index is 306. The summed E-state index contributed by atoms with van der Waals surface area (Å²) in [6, 6.07) is 10.7. The van der Waals surface area contributed by atoms with Crippen LogP contribution in [0.15, 0.2) is 30.3 Å². The summed E-state index contributed by atoms with van der Waals surface area (Å²) in [5.74, 6) is 0.569. The Morgan fingerprint density at radius 2 is 2.12 bits per heavy atom. The average molecular weight is 233 g/mol. The highest BCUT2D eigenvalue weighted by Crippen LogP contribution is 2.14. The molecule has 0 bridgehead atoms. The SMILES string of the molecule is CC(CNCC1CCCCO1)c1ccccc1. The van der Waals surface area contributed by atoms with Crippen LogP contribution >= 0.6 is 0 Å². The average Bonchev–Trinajstić information content (AvgIpc) is 2.41. The zero-order valence-electron chi connectivity index (χ0n) is 10.7. The Kier molecular flexibility index (Phi) is 5.02. The molecule has 0 aromatic heterocycles. The van der Waals surface area contributed by atoms with Crippen LogP contribution in [0.5, 0.6) is 0 Å². The Morgan fingerprint density at radius 1 is 1.29 bits per heavy atom. The maximum absolute atomic E-state index is 5.70. The van der Waals surface area contributed by atoms with Gasteiger partial charge in [-0.05, 0) is 30.7 Å². The van der Waals surface area contributed by atoms with Gasteiger partial charge in [0.15, 0.2) is 0 Å². The quantitative estimate of drug-likeness (QED) is 0.844. The van der Waals surface area contributed by atoms with Crippen LogP contribution in [0.1, 0.15) is 37.7 Å². The molecule has 2 atom stereocenters. The van der Waals surface area contributed by atoms with Gasteiger partial charge in [0.25, 0.3) is 0 Å². The zero-order valence-corrected chi connectivity index (χ0v) is 10.7. The molecule has 1 aromatic rings. The van der Waals surface area contributed by atoms with Crippen molar-refractivity contribution in [2.45, 2.75) is 38.2 Å². The molecule has 1 saturated heterocycles. The molecule has 0 radical (unpaired) electrons. The summed E-state index contributed by atoms with van der Waals surface area (Å²) in [7, 11) is 0. The van der Waals surface area contributed by atoms with Gasteiger partial charge in [-0.15, -0.1) is 0 Å². The van der Waals surface area contributed by atoms with Crippen LogP contribution in [0, 0.1) is 0 Å². The minimum Gasteiger partial charge on any atom is -0.377 e. The van der Waals surface area contributed by atoms with Crippen molar-refractivity contribution in [3.63, 3.8) is 0 Å². The van der Waals surface area contributed by atoms with Crippen molar-refractivity contribution in [3.8, 4) is 0 Å². The molecular weight excluding hydrogens is 210 g/mol. The van der Waals surface area contributed by atoms with Gasteiger partial charge in [0, 0.05) is 19.7 Å². The molecule has 2 nitrogen and oxygen atoms in total. The molecule has 1 heterocycles. The molecular formula is C15H23NO. The number of nitrogens with one attached hydrogen (secondary N) is 1. The van der Waals surface area contributed by atoms with Crippen molar-refractivity contribution in [2.75, 3.05) is 19.7 Å². The van der Waals surface area contributed by atoms with E-state index >= 15 is 0 Å². The maximum atomic E-state index is 5.70. The van der Waals surface area contributed by atoms with Crippen molar-refractivity contribution in [1.82, 2.24) is 5.32 Å². The normalized spacial score (nSPS) is 22.3. The van der Waals surface area contributed by atoms with Crippen LogP contribution in [-0.2, 0) is 4.74 Å². The monoisotopic (exact) mass is 233 g/mol. The Labute approximate surface area is 104 Å². The first kappa shape index (κ1) is 12.6. The lowest BCUT2D eigenvalue weighted by molar-refractivity contribution is 0.0169. The third kappa shape index (κ3) is 4.14. The summed E-state index contributed by atoms with van der Waals surface area (Å²) in [6.07, 6.45) is 4.20. The second-order valence-corrected chi connectivity index (χ2v) is 4.96. The predicted molar refractivity (Wildman–Crippen MR) is 71.3 cm³/mol. The van der Waals surface area contributed by atoms with E-state index in [0.717, 1.165) is 19.7 Å². The smallest absolute Gasteiger partial charge is 0.0699 e. The fourth-order valence-corrected chi connectivity index (χ4v) is 2.33. The van der Waals surface area contributed by atoms with E-state index in [-0.39, 0.29) is 0 Å². The number of hydrogen-bond acceptors (Lipinski definition) is 2. The first-order valence-electron chi connectivity index (χ1n) is 6.73. The molecule has 94 valence electrons. The van der Waals surface area contributed by atoms with Gasteiger partial charge in [-0.25, -0.2) is 0 Å². The number of ether oxygens (including phenoxy) is 1. The molecule has 1 N–H and O–H groups in total. The molecule has 0 spiro atoms. The molecule has 17 heavy (non-hydrogen) atoms. The zero-order chi connectivity index (χ0) is 11.9. The van der Waals surface area contributed by atoms with E-state index in [2.05, 4.69) is 42.6 Å². The van der Waals surface area contributed by atoms with Gasteiger partial charge in [-0.2, -0.15) is 0 Å². The fraction of sp³-hybridized carbons (Fsp3) is 0.600. The van der Waals surface area contributed by atoms with E-state index in [9.17, 15) is 0 Å². The van der Waals surface area contributed by atoms with Gasteiger partial charge in [-0.1, -0.05) is 37.3 Å². The van der Waals surface area contributed by atoms with Crippen LogP contribution < -0.4 is 5.32 Å². The lowest BCUT2D eigenvalue weighted by atomic mass is 10.0. The Morgan fingerprint density at radius 3 is 2.82 bits per heavy atom. The van der Waals surface area contributed by atoms with Crippen molar-refractivity contribution >= 4 is 0 Å². The molecule has 2 heteroatoms. The van der Waals surface area contributed by atoms with E-state index in [0.29, 0.717) is 12.0 Å². The topological polar surface area (TPSA) is 21.3 Å². The Hall–Kier alpha value is -0.860. The van der Waals surface area contributed by atoms with Crippen LogP contribution in [0.25, 0.3) is 0 Å². The molecule has 0 aliphatic carbocycles. The van der Waals surface area contributed by atoms with Gasteiger partial charge in [0.1, 0.15) is 0 Å². The van der Waals surface area contributed by atoms with Gasteiger partial charge in [0.05, 0.1) is 6.10 Å². The van der Waals surface area contributed by atoms with Crippen molar-refractivity contribution in [1.29, 1.82) is 0 Å². The van der Waals surface area contributed by atoms with E-state index in [1.807, 2.05) is 0 Å². The molecule has 1 aromatic carbocycles. The number of hydrogen-bond donors (Lipinski definition) is 1. The standard InChI is InChI=1S/C15H23NO/c1-13(14-7-3-2-4-8-14)11-16-12-15-9-5-6-10-17-15/h2-4,7-8,13,15-16H,5-6,9-12H2,1H3. The molecule has 1 fully saturated rings. The maximum Gasteiger partial charge on any atom is 0.0699 e. The van der Waals surface area contributed by atoms with Crippen LogP contribution in [-0.4, -0.2) is 25.8 Å². The van der Waals surface area contributed by atoms with E-state index < -0.39 is 0 Å². The molecule has 0 amide bonds. The van der Waals surface area contributed by atoms with Crippen LogP contribution in [0.4, 0.5) is 0 Å². The molecule has 1 aliphatic heterocycles. The highest BCUT2D eigenvalue weighted by Gasteiger charge is 2.13. The summed E-state index contributed by atoms with van der Waals surface area (Å²) >= 11 is 0. The van der Waals surface area contributed by atoms with Crippen LogP contribution in [0.2, 0.25) is 0 Å².